The molecule has 2 amide bonds. The van der Waals surface area contributed by atoms with Crippen LogP contribution in [0.4, 0.5) is 0 Å². The molecule has 0 atom stereocenters. The van der Waals surface area contributed by atoms with E-state index in [9.17, 15) is 14.4 Å². The molecule has 0 spiro atoms. The highest BCUT2D eigenvalue weighted by Crippen LogP contribution is 2.29. The Labute approximate surface area is 206 Å². The number of fused-ring (bicyclic) bond motifs is 3. The van der Waals surface area contributed by atoms with Crippen molar-refractivity contribution in [3.63, 3.8) is 0 Å². The lowest BCUT2D eigenvalue weighted by Gasteiger charge is -2.22. The van der Waals surface area contributed by atoms with Gasteiger partial charge in [-0.2, -0.15) is 0 Å². The molecule has 1 saturated carbocycles. The molecule has 9 heteroatoms. The zero-order chi connectivity index (χ0) is 24.4. The summed E-state index contributed by atoms with van der Waals surface area (Å²) in [6.07, 6.45) is 5.51. The summed E-state index contributed by atoms with van der Waals surface area (Å²) in [6, 6.07) is 16.8. The highest BCUT2D eigenvalue weighted by atomic mass is 32.2. The van der Waals surface area contributed by atoms with Gasteiger partial charge in [0.05, 0.1) is 17.0 Å². The number of nitrogens with one attached hydrogen (secondary N) is 1. The van der Waals surface area contributed by atoms with Crippen molar-refractivity contribution >= 4 is 45.5 Å². The number of rotatable bonds is 7. The normalized spacial score (nSPS) is 14.4. The van der Waals surface area contributed by atoms with Crippen LogP contribution >= 0.6 is 11.8 Å². The van der Waals surface area contributed by atoms with Crippen molar-refractivity contribution < 1.29 is 9.59 Å². The topological polar surface area (TPSA) is 112 Å². The van der Waals surface area contributed by atoms with Gasteiger partial charge in [0, 0.05) is 11.4 Å². The van der Waals surface area contributed by atoms with Gasteiger partial charge in [-0.05, 0) is 31.0 Å². The fourth-order valence-corrected chi connectivity index (χ4v) is 5.64. The van der Waals surface area contributed by atoms with Crippen LogP contribution in [0, 0.1) is 0 Å². The van der Waals surface area contributed by atoms with Crippen LogP contribution in [-0.2, 0) is 16.1 Å². The molecule has 4 aromatic rings. The molecule has 5 rings (SSSR count). The zero-order valence-electron chi connectivity index (χ0n) is 19.3. The minimum atomic E-state index is -0.545. The zero-order valence-corrected chi connectivity index (χ0v) is 20.1. The summed E-state index contributed by atoms with van der Waals surface area (Å²) < 4.78 is 3.14. The van der Waals surface area contributed by atoms with Crippen LogP contribution in [0.1, 0.15) is 32.1 Å². The van der Waals surface area contributed by atoms with Gasteiger partial charge in [-0.15, -0.1) is 0 Å². The van der Waals surface area contributed by atoms with E-state index in [1.165, 1.54) is 22.7 Å². The van der Waals surface area contributed by atoms with E-state index in [0.29, 0.717) is 27.4 Å². The summed E-state index contributed by atoms with van der Waals surface area (Å²) >= 11 is 1.24. The predicted molar refractivity (Wildman–Crippen MR) is 138 cm³/mol. The summed E-state index contributed by atoms with van der Waals surface area (Å²) in [6.45, 7) is -0.133. The molecule has 1 aliphatic rings. The van der Waals surface area contributed by atoms with Gasteiger partial charge >= 0.3 is 0 Å². The molecule has 0 radical (unpaired) electrons. The maximum absolute atomic E-state index is 13.9. The van der Waals surface area contributed by atoms with Crippen LogP contribution in [0.2, 0.25) is 0 Å². The first-order valence-electron chi connectivity index (χ1n) is 11.8. The molecule has 2 aromatic carbocycles. The number of hydrogen-bond acceptors (Lipinski definition) is 5. The second-order valence-electron chi connectivity index (χ2n) is 8.83. The first-order chi connectivity index (χ1) is 17.0. The monoisotopic (exact) mass is 489 g/mol. The van der Waals surface area contributed by atoms with Crippen LogP contribution in [0.3, 0.4) is 0 Å². The Balaban J connectivity index is 1.61. The highest BCUT2D eigenvalue weighted by Gasteiger charge is 2.22. The van der Waals surface area contributed by atoms with Crippen molar-refractivity contribution in [1.29, 1.82) is 0 Å². The van der Waals surface area contributed by atoms with Crippen LogP contribution < -0.4 is 16.6 Å². The Morgan fingerprint density at radius 2 is 1.74 bits per heavy atom. The van der Waals surface area contributed by atoms with Gasteiger partial charge in [0.25, 0.3) is 5.56 Å². The molecule has 0 saturated heterocycles. The smallest absolute Gasteiger partial charge is 0.283 e. The third kappa shape index (κ3) is 4.68. The van der Waals surface area contributed by atoms with Crippen molar-refractivity contribution in [2.24, 2.45) is 5.73 Å². The fourth-order valence-electron chi connectivity index (χ4n) is 4.82. The molecule has 180 valence electrons. The van der Waals surface area contributed by atoms with E-state index < -0.39 is 5.91 Å². The summed E-state index contributed by atoms with van der Waals surface area (Å²) in [5.41, 5.74) is 7.36. The molecule has 2 aromatic heterocycles. The quantitative estimate of drug-likeness (QED) is 0.305. The average molecular weight is 490 g/mol. The van der Waals surface area contributed by atoms with Gasteiger partial charge < -0.3 is 15.6 Å². The maximum Gasteiger partial charge on any atom is 0.283 e. The number of benzene rings is 2. The van der Waals surface area contributed by atoms with Gasteiger partial charge in [0.15, 0.2) is 5.16 Å². The second-order valence-corrected chi connectivity index (χ2v) is 9.77. The Morgan fingerprint density at radius 1 is 1.03 bits per heavy atom. The van der Waals surface area contributed by atoms with Crippen molar-refractivity contribution in [1.82, 2.24) is 19.4 Å². The molecule has 0 bridgehead atoms. The van der Waals surface area contributed by atoms with E-state index in [1.807, 2.05) is 54.6 Å². The molecular formula is C26H27N5O3S. The lowest BCUT2D eigenvalue weighted by Crippen LogP contribution is -2.37. The molecular weight excluding hydrogens is 462 g/mol. The van der Waals surface area contributed by atoms with Crippen molar-refractivity contribution in [2.75, 3.05) is 5.75 Å². The van der Waals surface area contributed by atoms with E-state index in [0.717, 1.165) is 31.1 Å². The van der Waals surface area contributed by atoms with E-state index >= 15 is 0 Å². The molecule has 8 nitrogen and oxygen atoms in total. The Morgan fingerprint density at radius 3 is 2.49 bits per heavy atom. The number of amides is 2. The molecule has 1 aliphatic carbocycles. The molecule has 3 N–H and O–H groups in total. The SMILES string of the molecule is NC(=O)Cn1c2ccccc2c2nc(SCC(=O)NC3CCCCC3)n(-c3ccccc3)c(=O)c21. The molecule has 35 heavy (non-hydrogen) atoms. The minimum absolute atomic E-state index is 0.0629. The van der Waals surface area contributed by atoms with Crippen molar-refractivity contribution in [3.8, 4) is 5.69 Å². The minimum Gasteiger partial charge on any atom is -0.368 e. The predicted octanol–water partition coefficient (Wildman–Crippen LogP) is 3.37. The number of para-hydroxylation sites is 2. The van der Waals surface area contributed by atoms with Crippen LogP contribution in [0.15, 0.2) is 64.5 Å². The van der Waals surface area contributed by atoms with Crippen LogP contribution in [-0.4, -0.2) is 37.7 Å². The van der Waals surface area contributed by atoms with Gasteiger partial charge in [0.1, 0.15) is 17.6 Å². The standard InChI is InChI=1S/C26H27N5O3S/c27-21(32)15-30-20-14-8-7-13-19(20)23-24(30)25(34)31(18-11-5-2-6-12-18)26(29-23)35-16-22(33)28-17-9-3-1-4-10-17/h2,5-8,11-14,17H,1,3-4,9-10,15-16H2,(H2,27,32)(H,28,33). The third-order valence-corrected chi connectivity index (χ3v) is 7.32. The third-order valence-electron chi connectivity index (χ3n) is 6.38. The van der Waals surface area contributed by atoms with E-state index in [-0.39, 0.29) is 29.8 Å². The highest BCUT2D eigenvalue weighted by molar-refractivity contribution is 7.99. The summed E-state index contributed by atoms with van der Waals surface area (Å²) in [5.74, 6) is -0.454. The molecule has 0 aliphatic heterocycles. The van der Waals surface area contributed by atoms with Crippen molar-refractivity contribution in [2.45, 2.75) is 49.8 Å². The van der Waals surface area contributed by atoms with Crippen LogP contribution in [0.5, 0.6) is 0 Å². The number of primary amides is 1. The largest absolute Gasteiger partial charge is 0.368 e. The lowest BCUT2D eigenvalue weighted by atomic mass is 9.95. The Kier molecular flexibility index (Phi) is 6.59. The van der Waals surface area contributed by atoms with Gasteiger partial charge in [-0.3, -0.25) is 19.0 Å². The second kappa shape index (κ2) is 9.95. The Bertz CT molecular complexity index is 1450. The lowest BCUT2D eigenvalue weighted by molar-refractivity contribution is -0.119. The fraction of sp³-hybridized carbons (Fsp3) is 0.308. The van der Waals surface area contributed by atoms with Crippen molar-refractivity contribution in [3.05, 3.63) is 65.0 Å². The number of hydrogen-bond donors (Lipinski definition) is 2. The number of nitrogens with zero attached hydrogens (tertiary/aromatic N) is 3. The van der Waals surface area contributed by atoms with Gasteiger partial charge in [-0.25, -0.2) is 4.98 Å². The van der Waals surface area contributed by atoms with E-state index in [1.54, 1.807) is 4.57 Å². The molecule has 2 heterocycles. The molecule has 0 unspecified atom stereocenters. The first-order valence-corrected chi connectivity index (χ1v) is 12.8. The summed E-state index contributed by atoms with van der Waals surface area (Å²) in [5, 5.41) is 4.31. The molecule has 1 fully saturated rings. The average Bonchev–Trinajstić information content (AvgIpc) is 3.17. The van der Waals surface area contributed by atoms with Gasteiger partial charge in [0.2, 0.25) is 11.8 Å². The summed E-state index contributed by atoms with van der Waals surface area (Å²) in [7, 11) is 0. The Hall–Kier alpha value is -3.59. The number of carbonyl (C=O) groups is 2. The van der Waals surface area contributed by atoms with Crippen LogP contribution in [0.25, 0.3) is 27.6 Å². The summed E-state index contributed by atoms with van der Waals surface area (Å²) in [4.78, 5) is 43.3. The number of aromatic nitrogens is 3. The van der Waals surface area contributed by atoms with Gasteiger partial charge in [-0.1, -0.05) is 67.4 Å². The van der Waals surface area contributed by atoms with E-state index in [4.69, 9.17) is 10.7 Å². The first kappa shape index (κ1) is 23.2. The maximum atomic E-state index is 13.9. The number of carbonyl (C=O) groups excluding carboxylic acids is 2. The van der Waals surface area contributed by atoms with E-state index in [2.05, 4.69) is 5.32 Å². The number of nitrogens with two attached hydrogens (primary N) is 1. The number of thioether (sulfide) groups is 1.